The van der Waals surface area contributed by atoms with Gasteiger partial charge in [0.25, 0.3) is 0 Å². The second-order valence-corrected chi connectivity index (χ2v) is 6.70. The van der Waals surface area contributed by atoms with E-state index in [1.807, 2.05) is 35.0 Å². The number of anilines is 2. The van der Waals surface area contributed by atoms with Crippen molar-refractivity contribution in [3.8, 4) is 0 Å². The van der Waals surface area contributed by atoms with Crippen LogP contribution in [-0.4, -0.2) is 11.1 Å². The van der Waals surface area contributed by atoms with Crippen LogP contribution in [0.3, 0.4) is 0 Å². The molecule has 23 heavy (non-hydrogen) atoms. The van der Waals surface area contributed by atoms with Gasteiger partial charge in [0.1, 0.15) is 5.00 Å². The molecule has 1 aromatic carbocycles. The smallest absolute Gasteiger partial charge is 0.142 e. The lowest BCUT2D eigenvalue weighted by molar-refractivity contribution is 0.0403. The van der Waals surface area contributed by atoms with Gasteiger partial charge in [0.2, 0.25) is 0 Å². The van der Waals surface area contributed by atoms with Crippen molar-refractivity contribution in [3.63, 3.8) is 0 Å². The second kappa shape index (κ2) is 10.4. The first-order valence-electron chi connectivity index (χ1n) is 8.75. The Balaban J connectivity index is 2.05. The molecule has 0 N–H and O–H groups in total. The maximum absolute atomic E-state index is 6.41. The van der Waals surface area contributed by atoms with Gasteiger partial charge in [-0.2, -0.15) is 0 Å². The average molecular weight is 333 g/mol. The van der Waals surface area contributed by atoms with Crippen molar-refractivity contribution in [1.82, 2.24) is 4.98 Å². The third-order valence-corrected chi connectivity index (χ3v) is 4.59. The average Bonchev–Trinajstić information content (AvgIpc) is 3.11. The molecule has 0 aliphatic heterocycles. The molecule has 0 aliphatic carbocycles. The molecule has 0 amide bonds. The zero-order valence-electron chi connectivity index (χ0n) is 14.3. The lowest BCUT2D eigenvalue weighted by Crippen LogP contribution is -2.25. The molecule has 0 aliphatic rings. The summed E-state index contributed by atoms with van der Waals surface area (Å²) in [6.45, 7) is 4.48. The number of nitrogens with zero attached hydrogens (tertiary/aromatic N) is 2. The van der Waals surface area contributed by atoms with Crippen LogP contribution in [-0.2, 0) is 4.84 Å². The van der Waals surface area contributed by atoms with Gasteiger partial charge in [-0.15, -0.1) is 11.3 Å². The van der Waals surface area contributed by atoms with E-state index in [1.54, 1.807) is 11.3 Å². The van der Waals surface area contributed by atoms with Gasteiger partial charge >= 0.3 is 0 Å². The summed E-state index contributed by atoms with van der Waals surface area (Å²) in [4.78, 5) is 10.6. The highest BCUT2D eigenvalue weighted by Gasteiger charge is 2.18. The highest BCUT2D eigenvalue weighted by molar-refractivity contribution is 7.13. The van der Waals surface area contributed by atoms with E-state index in [1.165, 1.54) is 25.7 Å². The Hall–Kier alpha value is -1.39. The van der Waals surface area contributed by atoms with Crippen LogP contribution in [0.1, 0.15) is 58.8 Å². The molecule has 0 saturated heterocycles. The van der Waals surface area contributed by atoms with Crippen molar-refractivity contribution >= 4 is 22.0 Å². The summed E-state index contributed by atoms with van der Waals surface area (Å²) in [6, 6.07) is 10.3. The van der Waals surface area contributed by atoms with E-state index >= 15 is 0 Å². The zero-order valence-corrected chi connectivity index (χ0v) is 15.1. The van der Waals surface area contributed by atoms with Crippen molar-refractivity contribution in [2.75, 3.05) is 5.06 Å². The first-order chi connectivity index (χ1) is 11.3. The number of para-hydroxylation sites is 1. The van der Waals surface area contributed by atoms with Gasteiger partial charge in [0.05, 0.1) is 23.5 Å². The molecule has 3 nitrogen and oxygen atoms in total. The highest BCUT2D eigenvalue weighted by atomic mass is 32.1. The van der Waals surface area contributed by atoms with Crippen molar-refractivity contribution in [2.45, 2.75) is 64.9 Å². The third kappa shape index (κ3) is 5.96. The Labute approximate surface area is 144 Å². The lowest BCUT2D eigenvalue weighted by atomic mass is 10.1. The summed E-state index contributed by atoms with van der Waals surface area (Å²) in [5.41, 5.74) is 2.91. The summed E-state index contributed by atoms with van der Waals surface area (Å²) in [6.07, 6.45) is 10.6. The van der Waals surface area contributed by atoms with Gasteiger partial charge in [-0.25, -0.2) is 5.06 Å². The molecule has 0 bridgehead atoms. The molecular formula is C19H28N2OS. The van der Waals surface area contributed by atoms with Gasteiger partial charge in [-0.1, -0.05) is 64.2 Å². The summed E-state index contributed by atoms with van der Waals surface area (Å²) in [7, 11) is 0. The number of hydrogen-bond acceptors (Lipinski definition) is 4. The van der Waals surface area contributed by atoms with Crippen molar-refractivity contribution in [1.29, 1.82) is 0 Å². The minimum absolute atomic E-state index is 0.263. The molecule has 1 aromatic heterocycles. The van der Waals surface area contributed by atoms with Crippen LogP contribution in [0.25, 0.3) is 0 Å². The lowest BCUT2D eigenvalue weighted by Gasteiger charge is -2.27. The van der Waals surface area contributed by atoms with E-state index in [2.05, 4.69) is 31.0 Å². The number of aromatic nitrogens is 1. The van der Waals surface area contributed by atoms with Crippen LogP contribution >= 0.6 is 11.3 Å². The molecule has 0 fully saturated rings. The quantitative estimate of drug-likeness (QED) is 0.354. The molecule has 0 spiro atoms. The predicted molar refractivity (Wildman–Crippen MR) is 99.2 cm³/mol. The Bertz CT molecular complexity index is 515. The van der Waals surface area contributed by atoms with Crippen molar-refractivity contribution in [3.05, 3.63) is 42.0 Å². The van der Waals surface area contributed by atoms with Crippen LogP contribution < -0.4 is 5.06 Å². The molecule has 1 atom stereocenters. The fourth-order valence-corrected chi connectivity index (χ4v) is 3.23. The van der Waals surface area contributed by atoms with Crippen LogP contribution in [0.2, 0.25) is 0 Å². The van der Waals surface area contributed by atoms with Crippen LogP contribution in [0.5, 0.6) is 0 Å². The minimum atomic E-state index is 0.263. The van der Waals surface area contributed by atoms with Gasteiger partial charge in [-0.3, -0.25) is 9.82 Å². The summed E-state index contributed by atoms with van der Waals surface area (Å²) in [5.74, 6) is 0. The first-order valence-corrected chi connectivity index (χ1v) is 9.63. The number of thiazole rings is 1. The molecule has 1 heterocycles. The van der Waals surface area contributed by atoms with E-state index < -0.39 is 0 Å². The van der Waals surface area contributed by atoms with Gasteiger partial charge < -0.3 is 0 Å². The highest BCUT2D eigenvalue weighted by Crippen LogP contribution is 2.30. The topological polar surface area (TPSA) is 25.4 Å². The van der Waals surface area contributed by atoms with Gasteiger partial charge in [0, 0.05) is 0 Å². The van der Waals surface area contributed by atoms with Crippen molar-refractivity contribution in [2.24, 2.45) is 0 Å². The number of hydrogen-bond donors (Lipinski definition) is 0. The molecular weight excluding hydrogens is 304 g/mol. The first kappa shape index (κ1) is 18.0. The monoisotopic (exact) mass is 332 g/mol. The maximum atomic E-state index is 6.41. The Morgan fingerprint density at radius 2 is 1.87 bits per heavy atom. The van der Waals surface area contributed by atoms with Crippen LogP contribution in [0.4, 0.5) is 10.7 Å². The van der Waals surface area contributed by atoms with Gasteiger partial charge in [0.15, 0.2) is 0 Å². The molecule has 126 valence electrons. The third-order valence-electron chi connectivity index (χ3n) is 3.85. The van der Waals surface area contributed by atoms with E-state index in [0.29, 0.717) is 0 Å². The Kier molecular flexibility index (Phi) is 8.12. The molecule has 1 unspecified atom stereocenters. The maximum Gasteiger partial charge on any atom is 0.142 e. The van der Waals surface area contributed by atoms with Crippen LogP contribution in [0.15, 0.2) is 42.0 Å². The normalized spacial score (nSPS) is 12.3. The Morgan fingerprint density at radius 1 is 1.04 bits per heavy atom. The standard InChI is InChI=1S/C19H28N2OS/c1-3-5-6-10-14-18(11-4-2)22-21(19-15-20-16-23-19)17-12-8-7-9-13-17/h7-9,12-13,15-16,18H,3-6,10-11,14H2,1-2H3. The largest absolute Gasteiger partial charge is 0.264 e. The SMILES string of the molecule is CCCCCCC(CCC)ON(c1ccccc1)c1cncs1. The molecule has 2 aromatic rings. The van der Waals surface area contributed by atoms with Crippen LogP contribution in [0, 0.1) is 0 Å². The number of unbranched alkanes of at least 4 members (excludes halogenated alkanes) is 3. The van der Waals surface area contributed by atoms with E-state index in [0.717, 1.165) is 30.0 Å². The zero-order chi connectivity index (χ0) is 16.3. The fraction of sp³-hybridized carbons (Fsp3) is 0.526. The Morgan fingerprint density at radius 3 is 2.52 bits per heavy atom. The molecule has 2 rings (SSSR count). The molecule has 4 heteroatoms. The van der Waals surface area contributed by atoms with Crippen molar-refractivity contribution < 1.29 is 4.84 Å². The van der Waals surface area contributed by atoms with E-state index in [4.69, 9.17) is 4.84 Å². The summed E-state index contributed by atoms with van der Waals surface area (Å²) >= 11 is 1.61. The fourth-order valence-electron chi connectivity index (χ4n) is 2.63. The summed E-state index contributed by atoms with van der Waals surface area (Å²) in [5, 5.41) is 2.99. The summed E-state index contributed by atoms with van der Waals surface area (Å²) < 4.78 is 0. The van der Waals surface area contributed by atoms with Gasteiger partial charge in [-0.05, 0) is 25.0 Å². The van der Waals surface area contributed by atoms with E-state index in [-0.39, 0.29) is 6.10 Å². The molecule has 0 saturated carbocycles. The van der Waals surface area contributed by atoms with E-state index in [9.17, 15) is 0 Å². The predicted octanol–water partition coefficient (Wildman–Crippen LogP) is 6.35. The number of rotatable bonds is 11. The number of benzene rings is 1. The minimum Gasteiger partial charge on any atom is -0.264 e. The second-order valence-electron chi connectivity index (χ2n) is 5.84. The molecule has 0 radical (unpaired) electrons.